The molecule has 5 atom stereocenters. The largest absolute Gasteiger partial charge is 0.444 e. The van der Waals surface area contributed by atoms with Crippen molar-refractivity contribution in [3.8, 4) is 0 Å². The molecule has 53 heavy (non-hydrogen) atoms. The highest BCUT2D eigenvalue weighted by Gasteiger charge is 2.62. The Bertz CT molecular complexity index is 1920. The number of nitrogens with one attached hydrogen (secondary N) is 3. The van der Waals surface area contributed by atoms with Gasteiger partial charge in [0.1, 0.15) is 35.4 Å². The first kappa shape index (κ1) is 38.3. The summed E-state index contributed by atoms with van der Waals surface area (Å²) >= 11 is 0. The van der Waals surface area contributed by atoms with Gasteiger partial charge in [0, 0.05) is 24.2 Å². The summed E-state index contributed by atoms with van der Waals surface area (Å²) in [5, 5.41) is 4.71. The summed E-state index contributed by atoms with van der Waals surface area (Å²) in [7, 11) is -3.96. The van der Waals surface area contributed by atoms with E-state index in [1.165, 1.54) is 17.0 Å². The summed E-state index contributed by atoms with van der Waals surface area (Å²) in [6, 6.07) is 4.02. The van der Waals surface area contributed by atoms with E-state index in [0.717, 1.165) is 11.0 Å². The van der Waals surface area contributed by atoms with E-state index in [-0.39, 0.29) is 38.2 Å². The molecule has 18 heteroatoms. The van der Waals surface area contributed by atoms with Gasteiger partial charge in [-0.2, -0.15) is 13.2 Å². The minimum atomic E-state index is -5.02. The number of likely N-dealkylation sites (tertiary alicyclic amines) is 1. The summed E-state index contributed by atoms with van der Waals surface area (Å²) < 4.78 is 102. The number of hydrogen-bond acceptors (Lipinski definition) is 8. The average molecular weight is 770 g/mol. The van der Waals surface area contributed by atoms with Crippen molar-refractivity contribution in [3.05, 3.63) is 64.7 Å². The Morgan fingerprint density at radius 1 is 1.04 bits per heavy atom. The fraction of sp³-hybridized carbons (Fsp3) is 0.543. The molecule has 0 radical (unpaired) electrons. The monoisotopic (exact) mass is 769 g/mol. The highest BCUT2D eigenvalue weighted by molar-refractivity contribution is 7.91. The Morgan fingerprint density at radius 3 is 2.36 bits per heavy atom. The van der Waals surface area contributed by atoms with Gasteiger partial charge in [-0.1, -0.05) is 39.3 Å². The van der Waals surface area contributed by atoms with Crippen LogP contribution in [0.15, 0.2) is 36.4 Å². The predicted molar refractivity (Wildman–Crippen MR) is 179 cm³/mol. The van der Waals surface area contributed by atoms with E-state index in [4.69, 9.17) is 4.74 Å². The number of fused-ring (bicyclic) bond motifs is 1. The van der Waals surface area contributed by atoms with E-state index in [1.54, 1.807) is 26.8 Å². The lowest BCUT2D eigenvalue weighted by molar-refractivity contribution is -0.140. The number of carbonyl (C=O) groups is 4. The number of rotatable bonds is 11. The number of amides is 4. The minimum absolute atomic E-state index is 0.0575. The molecule has 2 aliphatic heterocycles. The molecule has 0 bridgehead atoms. The van der Waals surface area contributed by atoms with Crippen LogP contribution in [0.5, 0.6) is 0 Å². The van der Waals surface area contributed by atoms with E-state index in [9.17, 15) is 49.5 Å². The lowest BCUT2D eigenvalue weighted by atomic mass is 10.0. The summed E-state index contributed by atoms with van der Waals surface area (Å²) in [5.41, 5.74) is -2.43. The van der Waals surface area contributed by atoms with Gasteiger partial charge in [-0.05, 0) is 60.9 Å². The Labute approximate surface area is 302 Å². The third-order valence-corrected chi connectivity index (χ3v) is 12.2. The second-order valence-corrected chi connectivity index (χ2v) is 16.4. The van der Waals surface area contributed by atoms with Crippen LogP contribution in [-0.4, -0.2) is 77.6 Å². The third-order valence-electron chi connectivity index (χ3n) is 10.4. The van der Waals surface area contributed by atoms with Gasteiger partial charge in [0.05, 0.1) is 23.9 Å². The van der Waals surface area contributed by atoms with Gasteiger partial charge in [-0.25, -0.2) is 22.0 Å². The molecule has 2 aliphatic carbocycles. The van der Waals surface area contributed by atoms with Crippen LogP contribution < -0.4 is 15.4 Å². The minimum Gasteiger partial charge on any atom is -0.444 e. The Balaban J connectivity index is 1.24. The maximum Gasteiger partial charge on any atom is 0.419 e. The highest BCUT2D eigenvalue weighted by Crippen LogP contribution is 2.47. The summed E-state index contributed by atoms with van der Waals surface area (Å²) in [6.45, 7) is 4.63. The van der Waals surface area contributed by atoms with Crippen LogP contribution in [0.25, 0.3) is 0 Å². The molecule has 0 unspecified atom stereocenters. The van der Waals surface area contributed by atoms with Crippen molar-refractivity contribution in [3.63, 3.8) is 0 Å². The Morgan fingerprint density at radius 2 is 1.75 bits per heavy atom. The van der Waals surface area contributed by atoms with E-state index >= 15 is 0 Å². The van der Waals surface area contributed by atoms with Crippen LogP contribution in [0, 0.1) is 23.5 Å². The molecule has 1 saturated heterocycles. The summed E-state index contributed by atoms with van der Waals surface area (Å²) in [6.07, 6.45) is -5.82. The van der Waals surface area contributed by atoms with Crippen molar-refractivity contribution in [2.45, 2.75) is 101 Å². The lowest BCUT2D eigenvalue weighted by Gasteiger charge is -2.32. The van der Waals surface area contributed by atoms with Gasteiger partial charge in [-0.3, -0.25) is 24.0 Å². The number of anilines is 1. The molecule has 6 rings (SSSR count). The number of carbonyl (C=O) groups excluding carboxylic acids is 4. The molecule has 0 aromatic heterocycles. The fourth-order valence-electron chi connectivity index (χ4n) is 7.10. The average Bonchev–Trinajstić information content (AvgIpc) is 3.97. The zero-order valence-corrected chi connectivity index (χ0v) is 30.0. The number of hydrogen-bond donors (Lipinski definition) is 3. The number of sulfonamides is 1. The van der Waals surface area contributed by atoms with Crippen molar-refractivity contribution < 1.29 is 54.3 Å². The molecule has 2 aromatic carbocycles. The van der Waals surface area contributed by atoms with Gasteiger partial charge in [0.25, 0.3) is 5.91 Å². The van der Waals surface area contributed by atoms with E-state index in [1.807, 2.05) is 0 Å². The molecule has 2 aromatic rings. The highest BCUT2D eigenvalue weighted by atomic mass is 32.2. The van der Waals surface area contributed by atoms with Crippen LogP contribution in [0.4, 0.5) is 32.4 Å². The third kappa shape index (κ3) is 7.78. The molecular formula is C35H40F5N5O7S. The second kappa shape index (κ2) is 14.1. The molecule has 4 aliphatic rings. The van der Waals surface area contributed by atoms with Gasteiger partial charge in [-0.15, -0.1) is 0 Å². The van der Waals surface area contributed by atoms with E-state index in [0.29, 0.717) is 42.5 Å². The zero-order chi connectivity index (χ0) is 38.6. The molecule has 0 spiro atoms. The number of alkyl halides is 3. The first-order chi connectivity index (χ1) is 24.8. The number of nitrogens with zero attached hydrogens (tertiary/aromatic N) is 2. The van der Waals surface area contributed by atoms with Crippen molar-refractivity contribution in [1.29, 1.82) is 0 Å². The maximum absolute atomic E-state index is 14.4. The first-order valence-electron chi connectivity index (χ1n) is 17.4. The zero-order valence-electron chi connectivity index (χ0n) is 29.1. The van der Waals surface area contributed by atoms with Crippen molar-refractivity contribution >= 4 is 39.5 Å². The standard InChI is InChI=1S/C35H40F5N5O7S/c1-4-20-14-34(20,32(48)43-53(50,51)23-9-10-23)42-30(46)28-13-22(52-33(49)44-15-19-6-5-7-26(36)24(19)17-44)16-45(28)31(47)29(18(2)3)41-21-8-11-27(37)25(12-21)35(38,39)40/h5-8,11-12,18,20,22-23,28-29,41H,4,9-10,13-17H2,1-3H3,(H,42,46)(H,43,48)/t20-,22-,28+,29+,34-/m1/s1. The van der Waals surface area contributed by atoms with Crippen LogP contribution in [0.1, 0.15) is 69.6 Å². The number of halogens is 5. The first-order valence-corrected chi connectivity index (χ1v) is 18.9. The van der Waals surface area contributed by atoms with Gasteiger partial charge >= 0.3 is 12.3 Å². The summed E-state index contributed by atoms with van der Waals surface area (Å²) in [5.74, 6) is -5.49. The normalized spacial score (nSPS) is 24.4. The van der Waals surface area contributed by atoms with E-state index < -0.39 is 98.0 Å². The van der Waals surface area contributed by atoms with Gasteiger partial charge in [0.2, 0.25) is 21.8 Å². The second-order valence-electron chi connectivity index (χ2n) is 14.5. The van der Waals surface area contributed by atoms with Gasteiger partial charge < -0.3 is 20.3 Å². The Kier molecular flexibility index (Phi) is 10.1. The van der Waals surface area contributed by atoms with Crippen molar-refractivity contribution in [2.75, 3.05) is 11.9 Å². The summed E-state index contributed by atoms with van der Waals surface area (Å²) in [4.78, 5) is 57.4. The van der Waals surface area contributed by atoms with Crippen molar-refractivity contribution in [1.82, 2.24) is 19.8 Å². The molecule has 2 heterocycles. The van der Waals surface area contributed by atoms with Crippen LogP contribution in [0.2, 0.25) is 0 Å². The smallest absolute Gasteiger partial charge is 0.419 e. The molecule has 3 fully saturated rings. The van der Waals surface area contributed by atoms with Gasteiger partial charge in [0.15, 0.2) is 0 Å². The SMILES string of the molecule is CC[C@@H]1C[C@]1(NC(=O)[C@@H]1C[C@@H](OC(=O)N2Cc3cccc(F)c3C2)CN1C(=O)[C@@H](Nc1ccc(F)c(C(F)(F)F)c1)C(C)C)C(=O)NS(=O)(=O)C1CC1. The van der Waals surface area contributed by atoms with Crippen molar-refractivity contribution in [2.24, 2.45) is 11.8 Å². The Hall–Kier alpha value is -4.48. The fourth-order valence-corrected chi connectivity index (χ4v) is 8.47. The quantitative estimate of drug-likeness (QED) is 0.284. The maximum atomic E-state index is 14.4. The topological polar surface area (TPSA) is 154 Å². The molecular weight excluding hydrogens is 729 g/mol. The van der Waals surface area contributed by atoms with E-state index in [2.05, 4.69) is 15.4 Å². The molecule has 288 valence electrons. The van der Waals surface area contributed by atoms with Crippen LogP contribution >= 0.6 is 0 Å². The lowest BCUT2D eigenvalue weighted by Crippen LogP contribution is -2.58. The molecule has 3 N–H and O–H groups in total. The molecule has 4 amide bonds. The number of benzene rings is 2. The van der Waals surface area contributed by atoms with Crippen LogP contribution in [-0.2, 0) is 48.4 Å². The molecule has 12 nitrogen and oxygen atoms in total. The molecule has 2 saturated carbocycles. The predicted octanol–water partition coefficient (Wildman–Crippen LogP) is 4.44. The van der Waals surface area contributed by atoms with Crippen LogP contribution in [0.3, 0.4) is 0 Å². The number of ether oxygens (including phenoxy) is 1.